The van der Waals surface area contributed by atoms with Crippen LogP contribution in [0.15, 0.2) is 41.4 Å². The number of anilines is 1. The second kappa shape index (κ2) is 13.6. The fourth-order valence-corrected chi connectivity index (χ4v) is 7.07. The van der Waals surface area contributed by atoms with Crippen LogP contribution in [-0.2, 0) is 35.6 Å². The lowest BCUT2D eigenvalue weighted by Crippen LogP contribution is -2.56. The van der Waals surface area contributed by atoms with Crippen LogP contribution < -0.4 is 20.5 Å². The predicted molar refractivity (Wildman–Crippen MR) is 163 cm³/mol. The highest BCUT2D eigenvalue weighted by molar-refractivity contribution is 7.89. The minimum absolute atomic E-state index is 0.0581. The number of morpholine rings is 1. The number of fused-ring (bicyclic) bond motifs is 1. The van der Waals surface area contributed by atoms with Crippen molar-refractivity contribution in [2.45, 2.75) is 50.6 Å². The lowest BCUT2D eigenvalue weighted by Gasteiger charge is -2.31. The zero-order valence-electron chi connectivity index (χ0n) is 25.0. The lowest BCUT2D eigenvalue weighted by atomic mass is 10.0. The SMILES string of the molecule is COc1cc(C)c(S(=O)(=O)N[C@@H](CC(=O)O)C(=O)NC(Cc2ccc3c(N)nccc3c2)C(=O)N2CCOCC2)c(C)c1C. The van der Waals surface area contributed by atoms with Gasteiger partial charge >= 0.3 is 5.97 Å². The Morgan fingerprint density at radius 1 is 1.09 bits per heavy atom. The number of pyridine rings is 1. The van der Waals surface area contributed by atoms with E-state index in [-0.39, 0.29) is 11.3 Å². The predicted octanol–water partition coefficient (Wildman–Crippen LogP) is 1.46. The Kier molecular flexibility index (Phi) is 10.1. The molecular weight excluding hydrogens is 590 g/mol. The van der Waals surface area contributed by atoms with Gasteiger partial charge in [-0.2, -0.15) is 4.72 Å². The first-order valence-electron chi connectivity index (χ1n) is 14.0. The third kappa shape index (κ3) is 7.26. The Hall–Kier alpha value is -4.27. The average Bonchev–Trinajstić information content (AvgIpc) is 2.98. The van der Waals surface area contributed by atoms with Crippen LogP contribution in [0.25, 0.3) is 10.8 Å². The van der Waals surface area contributed by atoms with E-state index in [1.54, 1.807) is 56.1 Å². The number of nitrogens with one attached hydrogen (secondary N) is 2. The molecule has 1 aliphatic heterocycles. The number of hydrogen-bond donors (Lipinski definition) is 4. The molecule has 236 valence electrons. The molecule has 14 heteroatoms. The van der Waals surface area contributed by atoms with Crippen LogP contribution >= 0.6 is 0 Å². The van der Waals surface area contributed by atoms with Gasteiger partial charge in [0.2, 0.25) is 21.8 Å². The van der Waals surface area contributed by atoms with Crippen molar-refractivity contribution in [2.24, 2.45) is 0 Å². The van der Waals surface area contributed by atoms with Crippen LogP contribution in [-0.4, -0.2) is 86.7 Å². The second-order valence-electron chi connectivity index (χ2n) is 10.7. The Morgan fingerprint density at radius 2 is 1.80 bits per heavy atom. The van der Waals surface area contributed by atoms with Crippen LogP contribution in [0.2, 0.25) is 0 Å². The van der Waals surface area contributed by atoms with E-state index < -0.39 is 46.3 Å². The average molecular weight is 628 g/mol. The number of rotatable bonds is 11. The third-order valence-electron chi connectivity index (χ3n) is 7.70. The Balaban J connectivity index is 1.65. The highest BCUT2D eigenvalue weighted by Crippen LogP contribution is 2.30. The molecular formula is C30H37N5O8S. The fraction of sp³-hybridized carbons (Fsp3) is 0.400. The molecule has 5 N–H and O–H groups in total. The number of nitrogens with two attached hydrogens (primary N) is 1. The lowest BCUT2D eigenvalue weighted by molar-refractivity contribution is -0.141. The van der Waals surface area contributed by atoms with Crippen molar-refractivity contribution >= 4 is 44.4 Å². The smallest absolute Gasteiger partial charge is 0.305 e. The zero-order valence-corrected chi connectivity index (χ0v) is 25.9. The van der Waals surface area contributed by atoms with E-state index in [4.69, 9.17) is 15.2 Å². The molecule has 1 fully saturated rings. The molecule has 1 saturated heterocycles. The molecule has 0 aliphatic carbocycles. The van der Waals surface area contributed by atoms with Crippen molar-refractivity contribution in [3.63, 3.8) is 0 Å². The summed E-state index contributed by atoms with van der Waals surface area (Å²) in [6.45, 7) is 6.17. The summed E-state index contributed by atoms with van der Waals surface area (Å²) in [7, 11) is -2.91. The van der Waals surface area contributed by atoms with E-state index in [0.717, 1.165) is 10.8 Å². The normalized spacial score (nSPS) is 15.0. The zero-order chi connectivity index (χ0) is 32.2. The molecule has 3 aromatic rings. The number of hydrogen-bond acceptors (Lipinski definition) is 9. The molecule has 2 aromatic carbocycles. The monoisotopic (exact) mass is 627 g/mol. The summed E-state index contributed by atoms with van der Waals surface area (Å²) in [5.74, 6) is -1.90. The maximum atomic E-state index is 13.7. The van der Waals surface area contributed by atoms with E-state index in [1.807, 2.05) is 6.07 Å². The maximum absolute atomic E-state index is 13.7. The first-order valence-corrected chi connectivity index (χ1v) is 15.5. The third-order valence-corrected chi connectivity index (χ3v) is 9.46. The summed E-state index contributed by atoms with van der Waals surface area (Å²) >= 11 is 0. The summed E-state index contributed by atoms with van der Waals surface area (Å²) in [4.78, 5) is 44.6. The number of amides is 2. The molecule has 0 spiro atoms. The van der Waals surface area contributed by atoms with Gasteiger partial charge in [-0.15, -0.1) is 0 Å². The number of carbonyl (C=O) groups excluding carboxylic acids is 2. The van der Waals surface area contributed by atoms with Gasteiger partial charge in [0.1, 0.15) is 23.7 Å². The first-order chi connectivity index (χ1) is 20.8. The standard InChI is InChI=1S/C30H37N5O8S/c1-17-13-25(42-4)18(2)19(3)27(17)44(40,41)34-23(16-26(36)37)29(38)33-24(30(39)35-9-11-43-12-10-35)15-20-5-6-22-21(14-20)7-8-32-28(22)31/h5-8,13-14,23-24,34H,9-12,15-16H2,1-4H3,(H2,31,32)(H,33,38)(H,36,37)/t23-,24?/m0/s1. The molecule has 0 radical (unpaired) electrons. The quantitative estimate of drug-likeness (QED) is 0.242. The van der Waals surface area contributed by atoms with Crippen LogP contribution in [0.4, 0.5) is 5.82 Å². The number of methoxy groups -OCH3 is 1. The molecule has 2 amide bonds. The van der Waals surface area contributed by atoms with Crippen LogP contribution in [0.1, 0.15) is 28.7 Å². The number of aliphatic carboxylic acids is 1. The van der Waals surface area contributed by atoms with Gasteiger partial charge in [0, 0.05) is 31.1 Å². The summed E-state index contributed by atoms with van der Waals surface area (Å²) in [5.41, 5.74) is 8.02. The van der Waals surface area contributed by atoms with E-state index in [0.29, 0.717) is 60.1 Å². The van der Waals surface area contributed by atoms with Crippen LogP contribution in [0.5, 0.6) is 5.75 Å². The van der Waals surface area contributed by atoms with Crippen molar-refractivity contribution in [1.82, 2.24) is 19.9 Å². The first kappa shape index (κ1) is 32.6. The summed E-state index contributed by atoms with van der Waals surface area (Å²) in [6, 6.07) is 5.87. The molecule has 2 heterocycles. The Labute approximate surface area is 255 Å². The van der Waals surface area contributed by atoms with Crippen molar-refractivity contribution in [3.05, 3.63) is 58.8 Å². The summed E-state index contributed by atoms with van der Waals surface area (Å²) < 4.78 is 40.2. The number of ether oxygens (including phenoxy) is 2. The number of carbonyl (C=O) groups is 3. The minimum Gasteiger partial charge on any atom is -0.496 e. The fourth-order valence-electron chi connectivity index (χ4n) is 5.35. The van der Waals surface area contributed by atoms with E-state index in [2.05, 4.69) is 15.0 Å². The van der Waals surface area contributed by atoms with Gasteiger partial charge in [0.25, 0.3) is 0 Å². The van der Waals surface area contributed by atoms with Gasteiger partial charge in [-0.1, -0.05) is 18.2 Å². The number of benzene rings is 2. The number of carboxylic acids is 1. The molecule has 1 aromatic heterocycles. The Morgan fingerprint density at radius 3 is 2.45 bits per heavy atom. The van der Waals surface area contributed by atoms with Crippen LogP contribution in [0, 0.1) is 20.8 Å². The molecule has 1 unspecified atom stereocenters. The highest BCUT2D eigenvalue weighted by atomic mass is 32.2. The number of aromatic nitrogens is 1. The van der Waals surface area contributed by atoms with Gasteiger partial charge in [-0.05, 0) is 60.5 Å². The Bertz CT molecular complexity index is 1690. The summed E-state index contributed by atoms with van der Waals surface area (Å²) in [5, 5.41) is 13.7. The van der Waals surface area contributed by atoms with Crippen LogP contribution in [0.3, 0.4) is 0 Å². The van der Waals surface area contributed by atoms with E-state index in [1.165, 1.54) is 7.11 Å². The van der Waals surface area contributed by atoms with Gasteiger partial charge in [0.05, 0.1) is 31.6 Å². The number of nitrogen functional groups attached to an aromatic ring is 1. The minimum atomic E-state index is -4.38. The molecule has 13 nitrogen and oxygen atoms in total. The van der Waals surface area contributed by atoms with Gasteiger partial charge < -0.3 is 30.5 Å². The van der Waals surface area contributed by atoms with Crippen molar-refractivity contribution in [3.8, 4) is 5.75 Å². The molecule has 1 aliphatic rings. The van der Waals surface area contributed by atoms with Crippen molar-refractivity contribution < 1.29 is 37.4 Å². The van der Waals surface area contributed by atoms with Gasteiger partial charge in [0.15, 0.2) is 0 Å². The number of carboxylic acid groups (broad SMARTS) is 1. The van der Waals surface area contributed by atoms with E-state index in [9.17, 15) is 27.9 Å². The van der Waals surface area contributed by atoms with Crippen molar-refractivity contribution in [1.29, 1.82) is 0 Å². The number of sulfonamides is 1. The maximum Gasteiger partial charge on any atom is 0.305 e. The second-order valence-corrected chi connectivity index (χ2v) is 12.4. The molecule has 4 rings (SSSR count). The summed E-state index contributed by atoms with van der Waals surface area (Å²) in [6.07, 6.45) is 0.775. The topological polar surface area (TPSA) is 190 Å². The van der Waals surface area contributed by atoms with Gasteiger partial charge in [-0.3, -0.25) is 14.4 Å². The highest BCUT2D eigenvalue weighted by Gasteiger charge is 2.34. The molecule has 44 heavy (non-hydrogen) atoms. The number of aryl methyl sites for hydroxylation is 1. The van der Waals surface area contributed by atoms with E-state index >= 15 is 0 Å². The number of nitrogens with zero attached hydrogens (tertiary/aromatic N) is 2. The molecule has 0 saturated carbocycles. The molecule has 0 bridgehead atoms. The molecule has 2 atom stereocenters. The van der Waals surface area contributed by atoms with Gasteiger partial charge in [-0.25, -0.2) is 13.4 Å². The largest absolute Gasteiger partial charge is 0.496 e. The van der Waals surface area contributed by atoms with Crippen molar-refractivity contribution in [2.75, 3.05) is 39.1 Å².